The van der Waals surface area contributed by atoms with Crippen LogP contribution in [0, 0.1) is 0 Å². The standard InChI is InChI=1S/C21H25N3O4/c1-4-24-17-8-7-16(12-15(17)6-10-20(24)25)23-21(26)22-13-14-5-9-18(27-2)19(11-14)28-3/h5,7-9,11-12H,4,6,10,13H2,1-3H3,(H2,22,23,26). The fourth-order valence-electron chi connectivity index (χ4n) is 3.33. The van der Waals surface area contributed by atoms with Crippen molar-refractivity contribution in [3.63, 3.8) is 0 Å². The van der Waals surface area contributed by atoms with Gasteiger partial charge in [0.15, 0.2) is 11.5 Å². The van der Waals surface area contributed by atoms with Gasteiger partial charge in [0.25, 0.3) is 0 Å². The summed E-state index contributed by atoms with van der Waals surface area (Å²) < 4.78 is 10.5. The summed E-state index contributed by atoms with van der Waals surface area (Å²) in [7, 11) is 3.16. The number of rotatable bonds is 6. The molecule has 28 heavy (non-hydrogen) atoms. The van der Waals surface area contributed by atoms with Gasteiger partial charge in [-0.05, 0) is 54.8 Å². The lowest BCUT2D eigenvalue weighted by atomic mass is 10.0. The highest BCUT2D eigenvalue weighted by atomic mass is 16.5. The number of benzene rings is 2. The fourth-order valence-corrected chi connectivity index (χ4v) is 3.33. The van der Waals surface area contributed by atoms with Crippen molar-refractivity contribution in [2.45, 2.75) is 26.3 Å². The first-order valence-corrected chi connectivity index (χ1v) is 9.24. The summed E-state index contributed by atoms with van der Waals surface area (Å²) in [6.45, 7) is 2.96. The Balaban J connectivity index is 1.62. The molecule has 1 heterocycles. The molecule has 7 heteroatoms. The van der Waals surface area contributed by atoms with Crippen LogP contribution in [-0.2, 0) is 17.8 Å². The van der Waals surface area contributed by atoms with Gasteiger partial charge in [0.1, 0.15) is 0 Å². The van der Waals surface area contributed by atoms with E-state index in [1.807, 2.05) is 37.3 Å². The number of hydrogen-bond acceptors (Lipinski definition) is 4. The van der Waals surface area contributed by atoms with Crippen LogP contribution in [-0.4, -0.2) is 32.7 Å². The Hall–Kier alpha value is -3.22. The molecule has 7 nitrogen and oxygen atoms in total. The molecule has 3 rings (SSSR count). The molecule has 3 amide bonds. The average molecular weight is 383 g/mol. The van der Waals surface area contributed by atoms with Gasteiger partial charge in [-0.1, -0.05) is 6.07 Å². The predicted octanol–water partition coefficient (Wildman–Crippen LogP) is 3.32. The molecule has 1 aliphatic rings. The number of fused-ring (bicyclic) bond motifs is 1. The Labute approximate surface area is 164 Å². The third kappa shape index (κ3) is 4.19. The van der Waals surface area contributed by atoms with Crippen LogP contribution in [0.3, 0.4) is 0 Å². The molecule has 0 spiro atoms. The minimum absolute atomic E-state index is 0.142. The molecule has 2 aromatic carbocycles. The van der Waals surface area contributed by atoms with Crippen LogP contribution in [0.15, 0.2) is 36.4 Å². The molecule has 2 N–H and O–H groups in total. The average Bonchev–Trinajstić information content (AvgIpc) is 2.72. The summed E-state index contributed by atoms with van der Waals surface area (Å²) in [4.78, 5) is 26.0. The quantitative estimate of drug-likeness (QED) is 0.802. The van der Waals surface area contributed by atoms with E-state index in [-0.39, 0.29) is 11.9 Å². The molecule has 0 fully saturated rings. The second-order valence-electron chi connectivity index (χ2n) is 6.48. The Bertz CT molecular complexity index is 882. The smallest absolute Gasteiger partial charge is 0.319 e. The Kier molecular flexibility index (Phi) is 6.03. The maximum Gasteiger partial charge on any atom is 0.319 e. The second-order valence-corrected chi connectivity index (χ2v) is 6.48. The molecule has 0 aromatic heterocycles. The van der Waals surface area contributed by atoms with Crippen molar-refractivity contribution in [2.24, 2.45) is 0 Å². The SMILES string of the molecule is CCN1C(=O)CCc2cc(NC(=O)NCc3ccc(OC)c(OC)c3)ccc21. The minimum Gasteiger partial charge on any atom is -0.493 e. The van der Waals surface area contributed by atoms with Crippen molar-refractivity contribution in [1.29, 1.82) is 0 Å². The number of nitrogens with one attached hydrogen (secondary N) is 2. The molecule has 1 aliphatic heterocycles. The van der Waals surface area contributed by atoms with Crippen LogP contribution in [0.5, 0.6) is 11.5 Å². The molecular weight excluding hydrogens is 358 g/mol. The lowest BCUT2D eigenvalue weighted by Crippen LogP contribution is -2.35. The Morgan fingerprint density at radius 1 is 1.07 bits per heavy atom. The van der Waals surface area contributed by atoms with Gasteiger partial charge in [0.2, 0.25) is 5.91 Å². The summed E-state index contributed by atoms with van der Waals surface area (Å²) in [6.07, 6.45) is 1.18. The zero-order valence-electron chi connectivity index (χ0n) is 16.4. The van der Waals surface area contributed by atoms with E-state index in [0.29, 0.717) is 43.1 Å². The summed E-state index contributed by atoms with van der Waals surface area (Å²) in [5.74, 6) is 1.40. The maximum absolute atomic E-state index is 12.3. The summed E-state index contributed by atoms with van der Waals surface area (Å²) in [5, 5.41) is 5.68. The number of anilines is 2. The molecule has 0 bridgehead atoms. The van der Waals surface area contributed by atoms with Gasteiger partial charge in [0.05, 0.1) is 14.2 Å². The van der Waals surface area contributed by atoms with Gasteiger partial charge in [0, 0.05) is 30.9 Å². The first kappa shape index (κ1) is 19.5. The minimum atomic E-state index is -0.297. The summed E-state index contributed by atoms with van der Waals surface area (Å²) in [5.41, 5.74) is 3.60. The highest BCUT2D eigenvalue weighted by Gasteiger charge is 2.22. The molecule has 0 unspecified atom stereocenters. The van der Waals surface area contributed by atoms with Crippen LogP contribution in [0.4, 0.5) is 16.2 Å². The Morgan fingerprint density at radius 3 is 2.57 bits per heavy atom. The third-order valence-electron chi connectivity index (χ3n) is 4.75. The number of methoxy groups -OCH3 is 2. The van der Waals surface area contributed by atoms with Gasteiger partial charge >= 0.3 is 6.03 Å². The first-order valence-electron chi connectivity index (χ1n) is 9.24. The highest BCUT2D eigenvalue weighted by Crippen LogP contribution is 2.30. The Morgan fingerprint density at radius 2 is 1.86 bits per heavy atom. The number of carbonyl (C=O) groups excluding carboxylic acids is 2. The van der Waals surface area contributed by atoms with E-state index in [1.54, 1.807) is 25.2 Å². The molecule has 2 aromatic rings. The van der Waals surface area contributed by atoms with E-state index in [1.165, 1.54) is 0 Å². The largest absolute Gasteiger partial charge is 0.493 e. The number of carbonyl (C=O) groups is 2. The van der Waals surface area contributed by atoms with Crippen LogP contribution in [0.1, 0.15) is 24.5 Å². The summed E-state index contributed by atoms with van der Waals surface area (Å²) in [6, 6.07) is 10.8. The third-order valence-corrected chi connectivity index (χ3v) is 4.75. The van der Waals surface area contributed by atoms with Crippen LogP contribution in [0.25, 0.3) is 0 Å². The van der Waals surface area contributed by atoms with Gasteiger partial charge in [-0.15, -0.1) is 0 Å². The first-order chi connectivity index (χ1) is 13.5. The van der Waals surface area contributed by atoms with E-state index in [0.717, 1.165) is 16.8 Å². The van der Waals surface area contributed by atoms with Crippen LogP contribution >= 0.6 is 0 Å². The highest BCUT2D eigenvalue weighted by molar-refractivity contribution is 5.97. The van der Waals surface area contributed by atoms with E-state index < -0.39 is 0 Å². The van der Waals surface area contributed by atoms with Gasteiger partial charge in [-0.3, -0.25) is 4.79 Å². The number of amides is 3. The van der Waals surface area contributed by atoms with Crippen molar-refractivity contribution < 1.29 is 19.1 Å². The number of urea groups is 1. The van der Waals surface area contributed by atoms with Crippen molar-refractivity contribution in [3.8, 4) is 11.5 Å². The van der Waals surface area contributed by atoms with E-state index in [2.05, 4.69) is 10.6 Å². The fraction of sp³-hybridized carbons (Fsp3) is 0.333. The predicted molar refractivity (Wildman–Crippen MR) is 108 cm³/mol. The van der Waals surface area contributed by atoms with Crippen molar-refractivity contribution in [2.75, 3.05) is 31.0 Å². The van der Waals surface area contributed by atoms with Gasteiger partial charge in [-0.2, -0.15) is 0 Å². The lowest BCUT2D eigenvalue weighted by Gasteiger charge is -2.28. The molecule has 0 saturated carbocycles. The van der Waals surface area contributed by atoms with E-state index >= 15 is 0 Å². The number of aryl methyl sites for hydroxylation is 1. The maximum atomic E-state index is 12.3. The van der Waals surface area contributed by atoms with Crippen molar-refractivity contribution >= 4 is 23.3 Å². The molecule has 0 aliphatic carbocycles. The van der Waals surface area contributed by atoms with E-state index in [9.17, 15) is 9.59 Å². The molecule has 148 valence electrons. The zero-order chi connectivity index (χ0) is 20.1. The zero-order valence-corrected chi connectivity index (χ0v) is 16.4. The van der Waals surface area contributed by atoms with Gasteiger partial charge < -0.3 is 25.0 Å². The van der Waals surface area contributed by atoms with Gasteiger partial charge in [-0.25, -0.2) is 4.79 Å². The number of ether oxygens (including phenoxy) is 2. The number of hydrogen-bond donors (Lipinski definition) is 2. The normalized spacial score (nSPS) is 13.0. The summed E-state index contributed by atoms with van der Waals surface area (Å²) >= 11 is 0. The topological polar surface area (TPSA) is 79.9 Å². The molecular formula is C21H25N3O4. The van der Waals surface area contributed by atoms with Crippen molar-refractivity contribution in [1.82, 2.24) is 5.32 Å². The van der Waals surface area contributed by atoms with Crippen molar-refractivity contribution in [3.05, 3.63) is 47.5 Å². The second kappa shape index (κ2) is 8.65. The molecule has 0 radical (unpaired) electrons. The molecule has 0 atom stereocenters. The monoisotopic (exact) mass is 383 g/mol. The van der Waals surface area contributed by atoms with Crippen LogP contribution < -0.4 is 25.0 Å². The van der Waals surface area contributed by atoms with E-state index in [4.69, 9.17) is 9.47 Å². The number of nitrogens with zero attached hydrogens (tertiary/aromatic N) is 1. The lowest BCUT2D eigenvalue weighted by molar-refractivity contribution is -0.118. The molecule has 0 saturated heterocycles. The van der Waals surface area contributed by atoms with Crippen LogP contribution in [0.2, 0.25) is 0 Å².